The molecule has 0 radical (unpaired) electrons. The summed E-state index contributed by atoms with van der Waals surface area (Å²) in [5, 5.41) is 9.51. The van der Waals surface area contributed by atoms with Crippen LogP contribution in [0.4, 0.5) is 0 Å². The Balaban J connectivity index is 1.75. The largest absolute Gasteiger partial charge is 0.354 e. The van der Waals surface area contributed by atoms with Crippen molar-refractivity contribution in [1.29, 1.82) is 0 Å². The second-order valence-electron chi connectivity index (χ2n) is 8.22. The van der Waals surface area contributed by atoms with Crippen LogP contribution < -0.4 is 0 Å². The predicted octanol–water partition coefficient (Wildman–Crippen LogP) is 5.77. The van der Waals surface area contributed by atoms with Crippen molar-refractivity contribution in [2.75, 3.05) is 13.6 Å². The fourth-order valence-electron chi connectivity index (χ4n) is 4.44. The van der Waals surface area contributed by atoms with Crippen LogP contribution in [0.5, 0.6) is 0 Å². The van der Waals surface area contributed by atoms with E-state index in [1.165, 1.54) is 33.4 Å². The van der Waals surface area contributed by atoms with Crippen LogP contribution in [-0.4, -0.2) is 30.0 Å². The van der Waals surface area contributed by atoms with Gasteiger partial charge in [-0.3, -0.25) is 0 Å². The normalized spacial score (nSPS) is 19.9. The number of benzene rings is 1. The molecule has 3 nitrogen and oxygen atoms in total. The van der Waals surface area contributed by atoms with Gasteiger partial charge in [0.25, 0.3) is 0 Å². The molecule has 152 valence electrons. The molecule has 3 aliphatic rings. The van der Waals surface area contributed by atoms with E-state index >= 15 is 0 Å². The molecule has 0 aromatic heterocycles. The van der Waals surface area contributed by atoms with Gasteiger partial charge < -0.3 is 4.90 Å². The maximum atomic E-state index is 4.78. The second-order valence-corrected chi connectivity index (χ2v) is 8.22. The van der Waals surface area contributed by atoms with Crippen molar-refractivity contribution in [3.8, 4) is 0 Å². The molecule has 1 heterocycles. The number of rotatable bonds is 3. The van der Waals surface area contributed by atoms with E-state index in [2.05, 4.69) is 106 Å². The van der Waals surface area contributed by atoms with Crippen molar-refractivity contribution in [2.45, 2.75) is 27.2 Å². The summed E-state index contributed by atoms with van der Waals surface area (Å²) in [7, 11) is 2.10. The van der Waals surface area contributed by atoms with Gasteiger partial charge in [-0.1, -0.05) is 78.5 Å². The molecular weight excluding hydrogens is 366 g/mol. The molecule has 0 bridgehead atoms. The fraction of sp³-hybridized carbons (Fsp3) is 0.259. The third-order valence-electron chi connectivity index (χ3n) is 5.71. The van der Waals surface area contributed by atoms with Gasteiger partial charge in [0.05, 0.1) is 11.6 Å². The number of hydrogen-bond acceptors (Lipinski definition) is 3. The SMILES string of the molecule is Cc1cc(C)c(C2=NN=C(N(C)CC3=CC=CCC=C3)C3=CC=CC=CC32)c(C)c1. The molecule has 0 amide bonds. The van der Waals surface area contributed by atoms with E-state index in [0.29, 0.717) is 0 Å². The Morgan fingerprint density at radius 3 is 2.53 bits per heavy atom. The van der Waals surface area contributed by atoms with Crippen LogP contribution in [-0.2, 0) is 0 Å². The van der Waals surface area contributed by atoms with E-state index in [1.54, 1.807) is 0 Å². The van der Waals surface area contributed by atoms with Crippen LogP contribution in [0.15, 0.2) is 94.2 Å². The molecule has 1 atom stereocenters. The van der Waals surface area contributed by atoms with Crippen LogP contribution in [0.2, 0.25) is 0 Å². The van der Waals surface area contributed by atoms with Crippen molar-refractivity contribution in [2.24, 2.45) is 16.1 Å². The Labute approximate surface area is 179 Å². The summed E-state index contributed by atoms with van der Waals surface area (Å²) in [4.78, 5) is 2.20. The first-order valence-electron chi connectivity index (χ1n) is 10.6. The molecule has 1 aliphatic heterocycles. The molecule has 1 aromatic rings. The number of allylic oxidation sites excluding steroid dienone is 9. The number of amidine groups is 1. The van der Waals surface area contributed by atoms with E-state index in [0.717, 1.165) is 24.5 Å². The van der Waals surface area contributed by atoms with E-state index in [-0.39, 0.29) is 5.92 Å². The second kappa shape index (κ2) is 8.66. The Hall–Kier alpha value is -3.20. The van der Waals surface area contributed by atoms with Crippen LogP contribution in [0.3, 0.4) is 0 Å². The number of fused-ring (bicyclic) bond motifs is 1. The maximum absolute atomic E-state index is 4.78. The lowest BCUT2D eigenvalue weighted by atomic mass is 9.83. The van der Waals surface area contributed by atoms with E-state index < -0.39 is 0 Å². The van der Waals surface area contributed by atoms with Gasteiger partial charge in [0.1, 0.15) is 0 Å². The minimum absolute atomic E-state index is 0.0913. The molecule has 0 saturated heterocycles. The molecule has 1 unspecified atom stereocenters. The highest BCUT2D eigenvalue weighted by Crippen LogP contribution is 2.31. The minimum Gasteiger partial charge on any atom is -0.354 e. The summed E-state index contributed by atoms with van der Waals surface area (Å²) in [6, 6.07) is 4.47. The lowest BCUT2D eigenvalue weighted by molar-refractivity contribution is 0.546. The first kappa shape index (κ1) is 20.1. The van der Waals surface area contributed by atoms with Crippen LogP contribution in [0.25, 0.3) is 0 Å². The summed E-state index contributed by atoms with van der Waals surface area (Å²) in [6.07, 6.45) is 22.6. The molecule has 0 spiro atoms. The smallest absolute Gasteiger partial charge is 0.155 e. The van der Waals surface area contributed by atoms with Crippen molar-refractivity contribution >= 4 is 11.5 Å². The maximum Gasteiger partial charge on any atom is 0.155 e. The van der Waals surface area contributed by atoms with Gasteiger partial charge >= 0.3 is 0 Å². The van der Waals surface area contributed by atoms with E-state index in [1.807, 2.05) is 0 Å². The average Bonchev–Trinajstić information content (AvgIpc) is 3.10. The van der Waals surface area contributed by atoms with Gasteiger partial charge in [-0.2, -0.15) is 5.10 Å². The average molecular weight is 396 g/mol. The van der Waals surface area contributed by atoms with Gasteiger partial charge in [-0.15, -0.1) is 5.10 Å². The molecule has 2 aliphatic carbocycles. The zero-order chi connectivity index (χ0) is 21.1. The molecule has 0 saturated carbocycles. The van der Waals surface area contributed by atoms with Gasteiger partial charge in [0, 0.05) is 24.7 Å². The summed E-state index contributed by atoms with van der Waals surface area (Å²) in [5.74, 6) is 1.03. The van der Waals surface area contributed by atoms with Gasteiger partial charge in [0.15, 0.2) is 5.84 Å². The fourth-order valence-corrected chi connectivity index (χ4v) is 4.44. The zero-order valence-corrected chi connectivity index (χ0v) is 18.3. The highest BCUT2D eigenvalue weighted by Gasteiger charge is 2.30. The molecular formula is C27H29N3. The highest BCUT2D eigenvalue weighted by atomic mass is 15.3. The Bertz CT molecular complexity index is 1060. The molecule has 30 heavy (non-hydrogen) atoms. The van der Waals surface area contributed by atoms with Crippen molar-refractivity contribution in [3.63, 3.8) is 0 Å². The summed E-state index contributed by atoms with van der Waals surface area (Å²) >= 11 is 0. The third kappa shape index (κ3) is 4.06. The Kier molecular flexibility index (Phi) is 5.80. The van der Waals surface area contributed by atoms with E-state index in [9.17, 15) is 0 Å². The quantitative estimate of drug-likeness (QED) is 0.638. The molecule has 4 rings (SSSR count). The number of aryl methyl sites for hydroxylation is 3. The van der Waals surface area contributed by atoms with Crippen LogP contribution >= 0.6 is 0 Å². The topological polar surface area (TPSA) is 28.0 Å². The van der Waals surface area contributed by atoms with Crippen LogP contribution in [0, 0.1) is 26.7 Å². The molecule has 0 N–H and O–H groups in total. The first-order chi connectivity index (χ1) is 14.5. The van der Waals surface area contributed by atoms with Crippen LogP contribution in [0.1, 0.15) is 28.7 Å². The number of likely N-dealkylation sites (N-methyl/N-ethyl adjacent to an activating group) is 1. The monoisotopic (exact) mass is 395 g/mol. The van der Waals surface area contributed by atoms with Gasteiger partial charge in [-0.25, -0.2) is 0 Å². The zero-order valence-electron chi connectivity index (χ0n) is 18.3. The lowest BCUT2D eigenvalue weighted by Gasteiger charge is -2.30. The summed E-state index contributed by atoms with van der Waals surface area (Å²) in [6.45, 7) is 7.28. The van der Waals surface area contributed by atoms with Crippen molar-refractivity contribution in [1.82, 2.24) is 4.90 Å². The van der Waals surface area contributed by atoms with Crippen molar-refractivity contribution < 1.29 is 0 Å². The third-order valence-corrected chi connectivity index (χ3v) is 5.71. The Morgan fingerprint density at radius 1 is 0.933 bits per heavy atom. The lowest BCUT2D eigenvalue weighted by Crippen LogP contribution is -2.36. The number of hydrogen-bond donors (Lipinski definition) is 0. The summed E-state index contributed by atoms with van der Waals surface area (Å²) in [5.41, 5.74) is 8.50. The molecule has 3 heteroatoms. The molecule has 0 fully saturated rings. The predicted molar refractivity (Wildman–Crippen MR) is 128 cm³/mol. The first-order valence-corrected chi connectivity index (χ1v) is 10.6. The highest BCUT2D eigenvalue weighted by molar-refractivity contribution is 6.15. The van der Waals surface area contributed by atoms with E-state index in [4.69, 9.17) is 10.2 Å². The number of nitrogens with zero attached hydrogens (tertiary/aromatic N) is 3. The summed E-state index contributed by atoms with van der Waals surface area (Å²) < 4.78 is 0. The van der Waals surface area contributed by atoms with Crippen molar-refractivity contribution in [3.05, 3.63) is 106 Å². The molecule has 1 aromatic carbocycles. The standard InChI is InChI=1S/C27H29N3/c1-19-16-20(2)25(21(3)17-19)26-23-14-10-7-11-15-24(23)27(29-28-26)30(4)18-22-12-8-5-6-9-13-22/h5,7-17,23H,6,18H2,1-4H3. The minimum atomic E-state index is 0.0913. The van der Waals surface area contributed by atoms with Gasteiger partial charge in [-0.05, 0) is 43.9 Å². The Morgan fingerprint density at radius 2 is 1.73 bits per heavy atom. The van der Waals surface area contributed by atoms with Gasteiger partial charge in [0.2, 0.25) is 0 Å².